The number of amides is 2. The first-order valence-corrected chi connectivity index (χ1v) is 7.23. The molecule has 2 amide bonds. The Morgan fingerprint density at radius 3 is 2.53 bits per heavy atom. The summed E-state index contributed by atoms with van der Waals surface area (Å²) in [5.74, 6) is 0.373. The van der Waals surface area contributed by atoms with Gasteiger partial charge in [-0.2, -0.15) is 0 Å². The zero-order chi connectivity index (χ0) is 14.3. The molecule has 0 saturated heterocycles. The number of carboxylic acids is 1. The van der Waals surface area contributed by atoms with E-state index in [1.807, 2.05) is 13.8 Å². The SMILES string of the molecule is CC(CCNC(=O)NC(C)CC1CC1)CCC(=O)O. The molecule has 0 aromatic heterocycles. The Balaban J connectivity index is 2.00. The number of carbonyl (C=O) groups excluding carboxylic acids is 1. The van der Waals surface area contributed by atoms with Crippen LogP contribution in [0, 0.1) is 11.8 Å². The van der Waals surface area contributed by atoms with Gasteiger partial charge in [0.1, 0.15) is 0 Å². The smallest absolute Gasteiger partial charge is 0.314 e. The fourth-order valence-corrected chi connectivity index (χ4v) is 2.13. The summed E-state index contributed by atoms with van der Waals surface area (Å²) in [6, 6.07) is 0.121. The van der Waals surface area contributed by atoms with E-state index in [0.717, 1.165) is 18.8 Å². The first-order valence-electron chi connectivity index (χ1n) is 7.23. The summed E-state index contributed by atoms with van der Waals surface area (Å²) in [4.78, 5) is 22.0. The zero-order valence-corrected chi connectivity index (χ0v) is 11.9. The highest BCUT2D eigenvalue weighted by Gasteiger charge is 2.24. The lowest BCUT2D eigenvalue weighted by atomic mass is 10.0. The van der Waals surface area contributed by atoms with Gasteiger partial charge in [0, 0.05) is 19.0 Å². The second-order valence-electron chi connectivity index (χ2n) is 5.81. The van der Waals surface area contributed by atoms with Crippen LogP contribution in [0.25, 0.3) is 0 Å². The third-order valence-electron chi connectivity index (χ3n) is 3.54. The van der Waals surface area contributed by atoms with Crippen molar-refractivity contribution in [1.29, 1.82) is 0 Å². The van der Waals surface area contributed by atoms with E-state index in [1.54, 1.807) is 0 Å². The van der Waals surface area contributed by atoms with Crippen LogP contribution < -0.4 is 10.6 Å². The van der Waals surface area contributed by atoms with E-state index in [-0.39, 0.29) is 18.5 Å². The molecular weight excluding hydrogens is 244 g/mol. The maximum atomic E-state index is 11.6. The summed E-state index contributed by atoms with van der Waals surface area (Å²) in [6.07, 6.45) is 5.35. The van der Waals surface area contributed by atoms with Crippen LogP contribution in [-0.2, 0) is 4.79 Å². The largest absolute Gasteiger partial charge is 0.481 e. The molecular formula is C14H26N2O3. The van der Waals surface area contributed by atoms with Gasteiger partial charge in [-0.1, -0.05) is 19.8 Å². The summed E-state index contributed by atoms with van der Waals surface area (Å²) in [5.41, 5.74) is 0. The molecule has 2 atom stereocenters. The monoisotopic (exact) mass is 270 g/mol. The molecule has 5 nitrogen and oxygen atoms in total. The number of hydrogen-bond acceptors (Lipinski definition) is 2. The molecule has 0 aliphatic heterocycles. The molecule has 1 saturated carbocycles. The summed E-state index contributed by atoms with van der Waals surface area (Å²) in [7, 11) is 0. The Hall–Kier alpha value is -1.26. The summed E-state index contributed by atoms with van der Waals surface area (Å²) in [5, 5.41) is 14.3. The van der Waals surface area contributed by atoms with Gasteiger partial charge in [0.25, 0.3) is 0 Å². The molecule has 2 unspecified atom stereocenters. The van der Waals surface area contributed by atoms with Gasteiger partial charge in [0.05, 0.1) is 0 Å². The molecule has 0 bridgehead atoms. The van der Waals surface area contributed by atoms with E-state index in [2.05, 4.69) is 10.6 Å². The minimum Gasteiger partial charge on any atom is -0.481 e. The van der Waals surface area contributed by atoms with Crippen molar-refractivity contribution < 1.29 is 14.7 Å². The van der Waals surface area contributed by atoms with Crippen molar-refractivity contribution in [2.45, 2.75) is 58.4 Å². The van der Waals surface area contributed by atoms with Gasteiger partial charge in [-0.05, 0) is 38.0 Å². The highest BCUT2D eigenvalue weighted by molar-refractivity contribution is 5.74. The average molecular weight is 270 g/mol. The van der Waals surface area contributed by atoms with Gasteiger partial charge in [0.2, 0.25) is 0 Å². The standard InChI is InChI=1S/C14H26N2O3/c1-10(3-6-13(17)18)7-8-15-14(19)16-11(2)9-12-4-5-12/h10-12H,3-9H2,1-2H3,(H,17,18)(H2,15,16,19). The van der Waals surface area contributed by atoms with Gasteiger partial charge in [-0.3, -0.25) is 4.79 Å². The highest BCUT2D eigenvalue weighted by Crippen LogP contribution is 2.33. The van der Waals surface area contributed by atoms with Crippen molar-refractivity contribution in [3.63, 3.8) is 0 Å². The molecule has 110 valence electrons. The van der Waals surface area contributed by atoms with E-state index in [9.17, 15) is 9.59 Å². The van der Waals surface area contributed by atoms with Crippen LogP contribution in [0.4, 0.5) is 4.79 Å². The molecule has 0 radical (unpaired) electrons. The highest BCUT2D eigenvalue weighted by atomic mass is 16.4. The molecule has 0 aromatic carbocycles. The predicted octanol–water partition coefficient (Wildman–Crippen LogP) is 2.37. The molecule has 1 fully saturated rings. The maximum Gasteiger partial charge on any atom is 0.314 e. The van der Waals surface area contributed by atoms with Gasteiger partial charge in [-0.15, -0.1) is 0 Å². The topological polar surface area (TPSA) is 78.4 Å². The Kier molecular flexibility index (Phi) is 6.67. The van der Waals surface area contributed by atoms with Crippen molar-refractivity contribution in [3.05, 3.63) is 0 Å². The normalized spacial score (nSPS) is 17.6. The van der Waals surface area contributed by atoms with Crippen LogP contribution in [0.1, 0.15) is 52.4 Å². The minimum atomic E-state index is -0.758. The second-order valence-corrected chi connectivity index (χ2v) is 5.81. The average Bonchev–Trinajstić information content (AvgIpc) is 3.09. The van der Waals surface area contributed by atoms with Gasteiger partial charge in [-0.25, -0.2) is 4.79 Å². The van der Waals surface area contributed by atoms with Crippen LogP contribution in [0.15, 0.2) is 0 Å². The third-order valence-corrected chi connectivity index (χ3v) is 3.54. The minimum absolute atomic E-state index is 0.112. The van der Waals surface area contributed by atoms with Crippen LogP contribution >= 0.6 is 0 Å². The summed E-state index contributed by atoms with van der Waals surface area (Å²) in [6.45, 7) is 4.65. The lowest BCUT2D eigenvalue weighted by molar-refractivity contribution is -0.137. The Morgan fingerprint density at radius 1 is 1.26 bits per heavy atom. The first kappa shape index (κ1) is 15.8. The molecule has 3 N–H and O–H groups in total. The van der Waals surface area contributed by atoms with Crippen molar-refractivity contribution in [3.8, 4) is 0 Å². The molecule has 0 heterocycles. The molecule has 0 aromatic rings. The van der Waals surface area contributed by atoms with E-state index >= 15 is 0 Å². The third kappa shape index (κ3) is 8.46. The fourth-order valence-electron chi connectivity index (χ4n) is 2.13. The van der Waals surface area contributed by atoms with Gasteiger partial charge >= 0.3 is 12.0 Å². The summed E-state index contributed by atoms with van der Waals surface area (Å²) < 4.78 is 0. The number of aliphatic carboxylic acids is 1. The maximum absolute atomic E-state index is 11.6. The number of carbonyl (C=O) groups is 2. The van der Waals surface area contributed by atoms with Gasteiger partial charge < -0.3 is 15.7 Å². The molecule has 0 spiro atoms. The number of nitrogens with one attached hydrogen (secondary N) is 2. The van der Waals surface area contributed by atoms with Crippen LogP contribution in [0.2, 0.25) is 0 Å². The van der Waals surface area contributed by atoms with E-state index in [1.165, 1.54) is 12.8 Å². The van der Waals surface area contributed by atoms with Crippen LogP contribution in [0.3, 0.4) is 0 Å². The predicted molar refractivity (Wildman–Crippen MR) is 74.0 cm³/mol. The molecule has 5 heteroatoms. The van der Waals surface area contributed by atoms with Crippen molar-refractivity contribution >= 4 is 12.0 Å². The summed E-state index contributed by atoms with van der Waals surface area (Å²) >= 11 is 0. The lowest BCUT2D eigenvalue weighted by Crippen LogP contribution is -2.41. The molecule has 1 aliphatic carbocycles. The second kappa shape index (κ2) is 8.02. The molecule has 1 rings (SSSR count). The van der Waals surface area contributed by atoms with Crippen molar-refractivity contribution in [2.24, 2.45) is 11.8 Å². The molecule has 1 aliphatic rings. The van der Waals surface area contributed by atoms with Crippen LogP contribution in [-0.4, -0.2) is 29.7 Å². The quantitative estimate of drug-likeness (QED) is 0.602. The fraction of sp³-hybridized carbons (Fsp3) is 0.857. The van der Waals surface area contributed by atoms with E-state index in [4.69, 9.17) is 5.11 Å². The van der Waals surface area contributed by atoms with E-state index in [0.29, 0.717) is 18.9 Å². The van der Waals surface area contributed by atoms with Crippen LogP contribution in [0.5, 0.6) is 0 Å². The first-order chi connectivity index (χ1) is 8.97. The Labute approximate surface area is 115 Å². The lowest BCUT2D eigenvalue weighted by Gasteiger charge is -2.15. The number of carboxylic acid groups (broad SMARTS) is 1. The van der Waals surface area contributed by atoms with Crippen molar-refractivity contribution in [1.82, 2.24) is 10.6 Å². The van der Waals surface area contributed by atoms with Crippen molar-refractivity contribution in [2.75, 3.05) is 6.54 Å². The van der Waals surface area contributed by atoms with E-state index < -0.39 is 5.97 Å². The number of rotatable bonds is 9. The van der Waals surface area contributed by atoms with Gasteiger partial charge in [0.15, 0.2) is 0 Å². The number of hydrogen-bond donors (Lipinski definition) is 3. The molecule has 19 heavy (non-hydrogen) atoms. The zero-order valence-electron chi connectivity index (χ0n) is 11.9. The number of urea groups is 1. The Bertz CT molecular complexity index is 303. The Morgan fingerprint density at radius 2 is 1.95 bits per heavy atom.